The Morgan fingerprint density at radius 2 is 2.05 bits per heavy atom. The third-order valence-corrected chi connectivity index (χ3v) is 5.35. The Morgan fingerprint density at radius 1 is 1.47 bits per heavy atom. The van der Waals surface area contributed by atoms with Gasteiger partial charge >= 0.3 is 124 Å². The normalized spacial score (nSPS) is 10.4. The zero-order chi connectivity index (χ0) is 14.7. The van der Waals surface area contributed by atoms with Gasteiger partial charge in [0.25, 0.3) is 0 Å². The van der Waals surface area contributed by atoms with Gasteiger partial charge in [-0.15, -0.1) is 0 Å². The fourth-order valence-corrected chi connectivity index (χ4v) is 2.89. The summed E-state index contributed by atoms with van der Waals surface area (Å²) in [7, 11) is 1.51. The van der Waals surface area contributed by atoms with Crippen LogP contribution in [0, 0.1) is 12.8 Å². The molecule has 1 aromatic carbocycles. The van der Waals surface area contributed by atoms with Crippen molar-refractivity contribution in [3.8, 4) is 5.75 Å². The Bertz CT molecular complexity index is 551. The second-order valence-electron chi connectivity index (χ2n) is 4.51. The Balaban J connectivity index is 3.71. The number of benzene rings is 1. The van der Waals surface area contributed by atoms with E-state index in [0.717, 1.165) is 16.8 Å². The molecule has 0 aliphatic carbocycles. The van der Waals surface area contributed by atoms with Gasteiger partial charge in [0.05, 0.1) is 0 Å². The van der Waals surface area contributed by atoms with E-state index in [1.165, 1.54) is 30.4 Å². The van der Waals surface area contributed by atoms with Crippen LogP contribution in [0.2, 0.25) is 0 Å². The van der Waals surface area contributed by atoms with Crippen molar-refractivity contribution >= 4 is 22.2 Å². The van der Waals surface area contributed by atoms with Crippen LogP contribution >= 0.6 is 0 Å². The summed E-state index contributed by atoms with van der Waals surface area (Å²) in [5.74, 6) is 0.337. The average Bonchev–Trinajstić information content (AvgIpc) is 2.35. The van der Waals surface area contributed by atoms with E-state index in [4.69, 9.17) is 10.5 Å². The number of carbonyl (C=O) groups excluding carboxylic acids is 1. The topological polar surface area (TPSA) is 64.7 Å². The molecule has 0 spiro atoms. The number of carbonyl (C=O) groups is 1. The van der Waals surface area contributed by atoms with Gasteiger partial charge in [-0.3, -0.25) is 0 Å². The summed E-state index contributed by atoms with van der Waals surface area (Å²) in [5.41, 5.74) is 8.40. The van der Waals surface area contributed by atoms with Crippen molar-refractivity contribution in [2.24, 2.45) is 16.6 Å². The Morgan fingerprint density at radius 3 is 2.42 bits per heavy atom. The van der Waals surface area contributed by atoms with Crippen LogP contribution in [-0.2, 0) is 19.4 Å². The van der Waals surface area contributed by atoms with Crippen molar-refractivity contribution in [1.82, 2.24) is 0 Å². The van der Waals surface area contributed by atoms with Crippen LogP contribution in [0.4, 0.5) is 5.69 Å². The summed E-state index contributed by atoms with van der Waals surface area (Å²) in [6.07, 6.45) is 0. The number of hydrogen-bond donors (Lipinski definition) is 1. The van der Waals surface area contributed by atoms with E-state index < -0.39 is 5.91 Å². The molecule has 0 aromatic heterocycles. The van der Waals surface area contributed by atoms with Crippen LogP contribution in [0.25, 0.3) is 0 Å². The maximum atomic E-state index is 11.6. The quantitative estimate of drug-likeness (QED) is 0.729. The summed E-state index contributed by atoms with van der Waals surface area (Å²) in [6.45, 7) is 9.70. The second kappa shape index (κ2) is 6.24. The van der Waals surface area contributed by atoms with Crippen LogP contribution < -0.4 is 10.5 Å². The van der Waals surface area contributed by atoms with Gasteiger partial charge in [-0.25, -0.2) is 0 Å². The van der Waals surface area contributed by atoms with E-state index in [9.17, 15) is 4.79 Å². The van der Waals surface area contributed by atoms with Crippen molar-refractivity contribution in [2.45, 2.75) is 20.8 Å². The number of nitrogens with two attached hydrogens (primary N) is 1. The molecule has 0 aliphatic rings. The number of methoxy groups -OCH3 is 1. The minimum absolute atomic E-state index is 0.378. The molecule has 2 N–H and O–H groups in total. The summed E-state index contributed by atoms with van der Waals surface area (Å²) >= 11 is 1.35. The van der Waals surface area contributed by atoms with E-state index >= 15 is 0 Å². The molecule has 0 radical (unpaired) electrons. The van der Waals surface area contributed by atoms with Gasteiger partial charge in [-0.2, -0.15) is 0 Å². The number of rotatable bonds is 5. The molecule has 0 fully saturated rings. The Kier molecular flexibility index (Phi) is 5.18. The fourth-order valence-electron chi connectivity index (χ4n) is 1.96. The van der Waals surface area contributed by atoms with Crippen molar-refractivity contribution in [1.29, 1.82) is 0 Å². The summed E-state index contributed by atoms with van der Waals surface area (Å²) in [5, 5.41) is 0. The molecule has 0 unspecified atom stereocenters. The molecule has 0 heterocycles. The summed E-state index contributed by atoms with van der Waals surface area (Å²) in [4.78, 5) is 15.7. The van der Waals surface area contributed by atoms with Gasteiger partial charge in [0.1, 0.15) is 0 Å². The van der Waals surface area contributed by atoms with Gasteiger partial charge < -0.3 is 0 Å². The predicted octanol–water partition coefficient (Wildman–Crippen LogP) is 2.16. The van der Waals surface area contributed by atoms with Crippen LogP contribution in [0.1, 0.15) is 35.3 Å². The zero-order valence-electron chi connectivity index (χ0n) is 11.6. The first-order chi connectivity index (χ1) is 8.84. The van der Waals surface area contributed by atoms with E-state index in [2.05, 4.69) is 25.6 Å². The number of nitrogens with zero attached hydrogens (tertiary/aromatic N) is 1. The molecule has 4 nitrogen and oxygen atoms in total. The molecule has 0 atom stereocenters. The first kappa shape index (κ1) is 15.8. The molecule has 5 heteroatoms. The Labute approximate surface area is 124 Å². The van der Waals surface area contributed by atoms with Gasteiger partial charge in [0, 0.05) is 0 Å². The van der Waals surface area contributed by atoms with Crippen LogP contribution in [0.15, 0.2) is 11.1 Å². The summed E-state index contributed by atoms with van der Waals surface area (Å²) < 4.78 is 6.46. The molecule has 0 aliphatic heterocycles. The standard InChI is InChI=1S/C14H18N2O2.W/c1-8(2)6-10-9(3)13(14(15)17)12(18-5)7-11(10)16-4;/h7-8H,4H2,1-3,5H3,(H2,15,17);. The third kappa shape index (κ3) is 3.00. The number of ether oxygens (including phenoxy) is 1. The van der Waals surface area contributed by atoms with E-state index in [-0.39, 0.29) is 0 Å². The van der Waals surface area contributed by atoms with E-state index in [1.54, 1.807) is 6.07 Å². The summed E-state index contributed by atoms with van der Waals surface area (Å²) in [6, 6.07) is 1.72. The molecule has 0 saturated heterocycles. The van der Waals surface area contributed by atoms with E-state index in [0.29, 0.717) is 17.2 Å². The minimum atomic E-state index is -0.488. The van der Waals surface area contributed by atoms with Gasteiger partial charge in [0.2, 0.25) is 0 Å². The predicted molar refractivity (Wildman–Crippen MR) is 74.4 cm³/mol. The zero-order valence-corrected chi connectivity index (χ0v) is 14.5. The number of primary amides is 1. The SMILES string of the molecule is C=Nc1cc(OC)c(C(N)=O)c(C)c1[C](=[W])C(C)C. The molecule has 1 rings (SSSR count). The second-order valence-corrected chi connectivity index (χ2v) is 6.09. The molecular weight excluding hydrogens is 412 g/mol. The third-order valence-electron chi connectivity index (χ3n) is 2.93. The average molecular weight is 430 g/mol. The van der Waals surface area contributed by atoms with Crippen LogP contribution in [-0.4, -0.2) is 23.6 Å². The van der Waals surface area contributed by atoms with E-state index in [1.807, 2.05) is 6.92 Å². The molecule has 1 aromatic rings. The van der Waals surface area contributed by atoms with Crippen molar-refractivity contribution in [3.63, 3.8) is 0 Å². The first-order valence-corrected chi connectivity index (χ1v) is 7.34. The number of hydrogen-bond acceptors (Lipinski definition) is 3. The number of aliphatic imine (C=N–C) groups is 1. The van der Waals surface area contributed by atoms with Crippen molar-refractivity contribution in [2.75, 3.05) is 7.11 Å². The van der Waals surface area contributed by atoms with Crippen molar-refractivity contribution in [3.05, 3.63) is 22.8 Å². The molecule has 19 heavy (non-hydrogen) atoms. The van der Waals surface area contributed by atoms with Crippen molar-refractivity contribution < 1.29 is 28.9 Å². The van der Waals surface area contributed by atoms with Gasteiger partial charge in [-0.1, -0.05) is 0 Å². The molecular formula is C14H18N2O2W. The Hall–Kier alpha value is -1.28. The first-order valence-electron chi connectivity index (χ1n) is 5.87. The molecule has 1 amide bonds. The van der Waals surface area contributed by atoms with Gasteiger partial charge in [-0.05, 0) is 0 Å². The maximum absolute atomic E-state index is 11.6. The van der Waals surface area contributed by atoms with Crippen LogP contribution in [0.5, 0.6) is 5.75 Å². The fraction of sp³-hybridized carbons (Fsp3) is 0.357. The monoisotopic (exact) mass is 430 g/mol. The molecule has 102 valence electrons. The van der Waals surface area contributed by atoms with Gasteiger partial charge in [0.15, 0.2) is 0 Å². The molecule has 0 saturated carbocycles. The van der Waals surface area contributed by atoms with Crippen LogP contribution in [0.3, 0.4) is 0 Å². The number of amides is 1. The molecule has 0 bridgehead atoms.